The number of fused-ring (bicyclic) bond motifs is 10. The molecule has 0 unspecified atom stereocenters. The number of ether oxygens (including phenoxy) is 4. The fourth-order valence-corrected chi connectivity index (χ4v) is 3.28. The van der Waals surface area contributed by atoms with Crippen molar-refractivity contribution in [2.24, 2.45) is 0 Å². The first-order valence-electron chi connectivity index (χ1n) is 10.0. The Morgan fingerprint density at radius 3 is 2.03 bits per heavy atom. The Morgan fingerprint density at radius 2 is 1.37 bits per heavy atom. The summed E-state index contributed by atoms with van der Waals surface area (Å²) in [7, 11) is 0. The molecule has 2 aliphatic rings. The normalized spacial score (nSPS) is 15.1. The third-order valence-corrected chi connectivity index (χ3v) is 4.86. The van der Waals surface area contributed by atoms with E-state index in [1.165, 1.54) is 0 Å². The molecule has 0 atom stereocenters. The summed E-state index contributed by atoms with van der Waals surface area (Å²) < 4.78 is 24.8. The van der Waals surface area contributed by atoms with Crippen LogP contribution in [0.5, 0.6) is 11.5 Å². The molecule has 0 fully saturated rings. The van der Waals surface area contributed by atoms with Crippen LogP contribution in [0.1, 0.15) is 16.8 Å². The molecule has 0 amide bonds. The number of aryl methyl sites for hydroxylation is 1. The van der Waals surface area contributed by atoms with Gasteiger partial charge in [-0.05, 0) is 43.3 Å². The van der Waals surface area contributed by atoms with Gasteiger partial charge in [0.2, 0.25) is 0 Å². The first kappa shape index (κ1) is 20.2. The van der Waals surface area contributed by atoms with Gasteiger partial charge in [0, 0.05) is 11.3 Å². The number of benzene rings is 2. The fourth-order valence-electron chi connectivity index (χ4n) is 3.28. The molecule has 2 bridgehead atoms. The zero-order chi connectivity index (χ0) is 20.8. The van der Waals surface area contributed by atoms with Gasteiger partial charge in [0.1, 0.15) is 13.2 Å². The van der Waals surface area contributed by atoms with E-state index in [-0.39, 0.29) is 12.2 Å². The van der Waals surface area contributed by atoms with Crippen LogP contribution in [-0.2, 0) is 22.7 Å². The summed E-state index contributed by atoms with van der Waals surface area (Å²) in [4.78, 5) is 13.2. The average molecular weight is 407 g/mol. The van der Waals surface area contributed by atoms with Crippen LogP contribution < -0.4 is 15.0 Å². The van der Waals surface area contributed by atoms with Gasteiger partial charge in [-0.1, -0.05) is 29.8 Å². The van der Waals surface area contributed by atoms with Crippen LogP contribution in [-0.4, -0.2) is 31.0 Å². The lowest BCUT2D eigenvalue weighted by Crippen LogP contribution is -2.26. The molecular formula is C24H25NO5. The van der Waals surface area contributed by atoms with E-state index in [2.05, 4.69) is 0 Å². The summed E-state index contributed by atoms with van der Waals surface area (Å²) >= 11 is 0. The predicted molar refractivity (Wildman–Crippen MR) is 114 cm³/mol. The topological polar surface area (TPSA) is 58.9 Å². The van der Waals surface area contributed by atoms with Gasteiger partial charge in [0.15, 0.2) is 11.5 Å². The number of nitrogens with zero attached hydrogens (tertiary/aromatic N) is 1. The third kappa shape index (κ3) is 4.72. The molecule has 3 heterocycles. The van der Waals surface area contributed by atoms with E-state index in [0.717, 1.165) is 16.9 Å². The lowest BCUT2D eigenvalue weighted by molar-refractivity contribution is 0.0763. The Morgan fingerprint density at radius 1 is 0.733 bits per heavy atom. The Kier molecular flexibility index (Phi) is 6.47. The molecule has 0 saturated carbocycles. The van der Waals surface area contributed by atoms with Crippen molar-refractivity contribution in [2.75, 3.05) is 26.4 Å². The monoisotopic (exact) mass is 407 g/mol. The summed E-state index contributed by atoms with van der Waals surface area (Å²) in [6, 6.07) is 19.1. The van der Waals surface area contributed by atoms with Crippen LogP contribution in [0, 0.1) is 6.92 Å². The van der Waals surface area contributed by atoms with Crippen molar-refractivity contribution in [3.8, 4) is 17.2 Å². The smallest absolute Gasteiger partial charge is 0.260 e. The molecule has 0 aliphatic carbocycles. The standard InChI is InChI=1S/C24H25NO5/c1-18-6-9-20(10-7-18)25-21-11-8-19(24(25)26)16-27-12-14-29-22-4-2-3-5-23(22)30-15-13-28-17-21/h2-11H,12-17H2,1H3. The van der Waals surface area contributed by atoms with Crippen molar-refractivity contribution >= 4 is 0 Å². The van der Waals surface area contributed by atoms with Gasteiger partial charge in [0.25, 0.3) is 5.56 Å². The van der Waals surface area contributed by atoms with Crippen LogP contribution in [0.4, 0.5) is 0 Å². The lowest BCUT2D eigenvalue weighted by atomic mass is 10.2. The minimum atomic E-state index is -0.102. The SMILES string of the molecule is Cc1ccc(-n2c3ccc(c2=O)COCCOc2ccccc2OCCOC3)cc1. The zero-order valence-corrected chi connectivity index (χ0v) is 17.0. The Balaban J connectivity index is 1.60. The number of rotatable bonds is 1. The minimum absolute atomic E-state index is 0.102. The molecule has 6 heteroatoms. The first-order valence-corrected chi connectivity index (χ1v) is 10.0. The quantitative estimate of drug-likeness (QED) is 0.616. The highest BCUT2D eigenvalue weighted by atomic mass is 16.6. The van der Waals surface area contributed by atoms with Gasteiger partial charge in [-0.3, -0.25) is 9.36 Å². The third-order valence-electron chi connectivity index (χ3n) is 4.86. The van der Waals surface area contributed by atoms with Gasteiger partial charge < -0.3 is 18.9 Å². The fraction of sp³-hybridized carbons (Fsp3) is 0.292. The Bertz CT molecular complexity index is 1040. The van der Waals surface area contributed by atoms with E-state index >= 15 is 0 Å². The Labute approximate surface area is 175 Å². The molecule has 5 rings (SSSR count). The van der Waals surface area contributed by atoms with E-state index in [4.69, 9.17) is 18.9 Å². The molecule has 0 spiro atoms. The number of aromatic nitrogens is 1. The maximum absolute atomic E-state index is 13.2. The van der Waals surface area contributed by atoms with Crippen LogP contribution in [0.25, 0.3) is 5.69 Å². The molecule has 2 aliphatic heterocycles. The Hall–Kier alpha value is -3.09. The highest BCUT2D eigenvalue weighted by molar-refractivity contribution is 5.39. The van der Waals surface area contributed by atoms with Crippen LogP contribution in [0.3, 0.4) is 0 Å². The van der Waals surface area contributed by atoms with Crippen LogP contribution in [0.2, 0.25) is 0 Å². The van der Waals surface area contributed by atoms with Gasteiger partial charge in [-0.25, -0.2) is 0 Å². The first-order chi connectivity index (χ1) is 14.7. The summed E-state index contributed by atoms with van der Waals surface area (Å²) in [5.41, 5.74) is 3.21. The number of hydrogen-bond donors (Lipinski definition) is 0. The highest BCUT2D eigenvalue weighted by Gasteiger charge is 2.12. The highest BCUT2D eigenvalue weighted by Crippen LogP contribution is 2.26. The van der Waals surface area contributed by atoms with Crippen molar-refractivity contribution in [2.45, 2.75) is 20.1 Å². The van der Waals surface area contributed by atoms with Gasteiger partial charge in [-0.15, -0.1) is 0 Å². The molecule has 3 aromatic rings. The molecule has 30 heavy (non-hydrogen) atoms. The minimum Gasteiger partial charge on any atom is -0.487 e. The zero-order valence-electron chi connectivity index (χ0n) is 17.0. The molecular weight excluding hydrogens is 382 g/mol. The van der Waals surface area contributed by atoms with E-state index < -0.39 is 0 Å². The van der Waals surface area contributed by atoms with E-state index in [0.29, 0.717) is 50.1 Å². The van der Waals surface area contributed by atoms with Crippen LogP contribution >= 0.6 is 0 Å². The summed E-state index contributed by atoms with van der Waals surface area (Å²) in [6.07, 6.45) is 0. The second-order valence-electron chi connectivity index (χ2n) is 7.07. The van der Waals surface area contributed by atoms with E-state index in [1.54, 1.807) is 4.57 Å². The van der Waals surface area contributed by atoms with E-state index in [9.17, 15) is 4.79 Å². The molecule has 0 radical (unpaired) electrons. The average Bonchev–Trinajstić information content (AvgIpc) is 2.75. The molecule has 1 aromatic heterocycles. The molecule has 0 N–H and O–H groups in total. The van der Waals surface area contributed by atoms with Gasteiger partial charge in [0.05, 0.1) is 32.1 Å². The number of hydrogen-bond acceptors (Lipinski definition) is 5. The molecule has 0 saturated heterocycles. The summed E-state index contributed by atoms with van der Waals surface area (Å²) in [5.74, 6) is 1.34. The summed E-state index contributed by atoms with van der Waals surface area (Å²) in [6.45, 7) is 4.03. The second-order valence-corrected chi connectivity index (χ2v) is 7.07. The summed E-state index contributed by atoms with van der Waals surface area (Å²) in [5, 5.41) is 0. The second kappa shape index (κ2) is 9.61. The van der Waals surface area contributed by atoms with Crippen molar-refractivity contribution in [1.29, 1.82) is 0 Å². The molecule has 2 aromatic carbocycles. The van der Waals surface area contributed by atoms with E-state index in [1.807, 2.05) is 67.6 Å². The van der Waals surface area contributed by atoms with Crippen LogP contribution in [0.15, 0.2) is 65.5 Å². The van der Waals surface area contributed by atoms with Crippen molar-refractivity contribution < 1.29 is 18.9 Å². The maximum atomic E-state index is 13.2. The predicted octanol–water partition coefficient (Wildman–Crippen LogP) is 3.65. The molecule has 6 nitrogen and oxygen atoms in total. The van der Waals surface area contributed by atoms with Gasteiger partial charge >= 0.3 is 0 Å². The largest absolute Gasteiger partial charge is 0.487 e. The molecule has 156 valence electrons. The van der Waals surface area contributed by atoms with Crippen molar-refractivity contribution in [1.82, 2.24) is 4.57 Å². The number of para-hydroxylation sites is 2. The number of pyridine rings is 1. The van der Waals surface area contributed by atoms with Crippen molar-refractivity contribution in [3.63, 3.8) is 0 Å². The lowest BCUT2D eigenvalue weighted by Gasteiger charge is -2.17. The van der Waals surface area contributed by atoms with Gasteiger partial charge in [-0.2, -0.15) is 0 Å². The van der Waals surface area contributed by atoms with Crippen molar-refractivity contribution in [3.05, 3.63) is 87.8 Å². The maximum Gasteiger partial charge on any atom is 0.260 e.